The third-order valence-corrected chi connectivity index (χ3v) is 10.0. The number of aromatic amines is 4. The summed E-state index contributed by atoms with van der Waals surface area (Å²) < 4.78 is 0. The highest BCUT2D eigenvalue weighted by Crippen LogP contribution is 2.33. The van der Waals surface area contributed by atoms with Gasteiger partial charge in [-0.1, -0.05) is 0 Å². The summed E-state index contributed by atoms with van der Waals surface area (Å²) in [5.74, 6) is -4.62. The number of carbonyl (C=O) groups is 4. The second-order valence-corrected chi connectivity index (χ2v) is 12.9. The molecule has 0 radical (unpaired) electrons. The van der Waals surface area contributed by atoms with Gasteiger partial charge < -0.3 is 59.5 Å². The summed E-state index contributed by atoms with van der Waals surface area (Å²) >= 11 is 0. The maximum Gasteiger partial charge on any atom is 0.0417 e. The van der Waals surface area contributed by atoms with E-state index in [0.717, 1.165) is 90.1 Å². The van der Waals surface area contributed by atoms with Crippen molar-refractivity contribution in [1.29, 1.82) is 0 Å². The second kappa shape index (κ2) is 14.0. The van der Waals surface area contributed by atoms with Gasteiger partial charge in [0.15, 0.2) is 0 Å². The molecule has 0 spiro atoms. The minimum atomic E-state index is -1.15. The van der Waals surface area contributed by atoms with Crippen LogP contribution in [-0.2, 0) is 70.5 Å². The smallest absolute Gasteiger partial charge is 0.0417 e. The Morgan fingerprint density at radius 3 is 0.750 bits per heavy atom. The Morgan fingerprint density at radius 2 is 0.583 bits per heavy atom. The Labute approximate surface area is 278 Å². The quantitative estimate of drug-likeness (QED) is 0.138. The largest absolute Gasteiger partial charge is 0.550 e. The van der Waals surface area contributed by atoms with Gasteiger partial charge in [0.25, 0.3) is 0 Å². The zero-order valence-electron chi connectivity index (χ0n) is 27.8. The van der Waals surface area contributed by atoms with Gasteiger partial charge in [-0.2, -0.15) is 0 Å². The Balaban J connectivity index is 1.71. The summed E-state index contributed by atoms with van der Waals surface area (Å²) in [6.45, 7) is 7.76. The third-order valence-electron chi connectivity index (χ3n) is 10.0. The van der Waals surface area contributed by atoms with Crippen molar-refractivity contribution in [2.45, 2.75) is 105 Å². The minimum Gasteiger partial charge on any atom is -0.550 e. The van der Waals surface area contributed by atoms with Crippen LogP contribution in [0, 0.1) is 27.7 Å². The summed E-state index contributed by atoms with van der Waals surface area (Å²) in [7, 11) is 0. The molecule has 5 heterocycles. The highest BCUT2D eigenvalue weighted by atomic mass is 16.4. The van der Waals surface area contributed by atoms with Gasteiger partial charge in [0.05, 0.1) is 0 Å². The Bertz CT molecular complexity index is 1630. The van der Waals surface area contributed by atoms with Gasteiger partial charge in [-0.25, -0.2) is 0 Å². The van der Waals surface area contributed by atoms with Gasteiger partial charge in [0.2, 0.25) is 0 Å². The average molecular weight is 657 g/mol. The maximum absolute atomic E-state index is 11.5. The molecule has 1 aliphatic rings. The Kier molecular flexibility index (Phi) is 10.0. The van der Waals surface area contributed by atoms with Crippen LogP contribution in [-0.4, -0.2) is 43.8 Å². The van der Waals surface area contributed by atoms with Crippen molar-refractivity contribution in [3.05, 3.63) is 90.1 Å². The standard InChI is InChI=1S/C36H44N4O8/c1-17-21(5-9-33(41)42)29-14-26-19(3)23(7-11-35(45)46)31(39-26)16-28-20(4)24(8-12-36(47)48)32(40-28)15-27-18(2)22(6-10-34(43)44)30(38-27)13-25(17)37-29/h37-40H,5-16H2,1-4H3,(H,41,42)(H,43,44)(H,45,46)(H,47,48)/p-4. The number of nitrogens with one attached hydrogen (secondary N) is 4. The number of hydrogen-bond donors (Lipinski definition) is 4. The van der Waals surface area contributed by atoms with E-state index in [2.05, 4.69) is 19.9 Å². The van der Waals surface area contributed by atoms with Gasteiger partial charge in [0, 0.05) is 95.1 Å². The first-order chi connectivity index (χ1) is 22.7. The normalized spacial score (nSPS) is 12.8. The van der Waals surface area contributed by atoms with Crippen molar-refractivity contribution in [2.75, 3.05) is 0 Å². The summed E-state index contributed by atoms with van der Waals surface area (Å²) in [4.78, 5) is 60.2. The first-order valence-corrected chi connectivity index (χ1v) is 16.3. The van der Waals surface area contributed by atoms with E-state index in [9.17, 15) is 39.6 Å². The van der Waals surface area contributed by atoms with Crippen LogP contribution in [0.3, 0.4) is 0 Å². The zero-order valence-corrected chi connectivity index (χ0v) is 27.8. The summed E-state index contributed by atoms with van der Waals surface area (Å²) in [5.41, 5.74) is 13.9. The number of carbonyl (C=O) groups excluding carboxylic acids is 4. The number of fused-ring (bicyclic) bond motifs is 8. The molecule has 1 aliphatic heterocycles. The van der Waals surface area contributed by atoms with Crippen molar-refractivity contribution in [1.82, 2.24) is 19.9 Å². The molecule has 8 bridgehead atoms. The molecule has 4 aromatic heterocycles. The first-order valence-electron chi connectivity index (χ1n) is 16.3. The van der Waals surface area contributed by atoms with Crippen LogP contribution in [0.25, 0.3) is 0 Å². The second-order valence-electron chi connectivity index (χ2n) is 12.9. The fourth-order valence-electron chi connectivity index (χ4n) is 7.32. The first kappa shape index (κ1) is 34.3. The van der Waals surface area contributed by atoms with Crippen molar-refractivity contribution in [3.8, 4) is 0 Å². The predicted molar refractivity (Wildman–Crippen MR) is 167 cm³/mol. The SMILES string of the molecule is Cc1c2[nH]c(c1CCC(=O)[O-])Cc1[nH]c(c(CCC(=O)[O-])c1C)Cc1[nH]c(c(CCC(=O)[O-])c1C)Cc1[nH]c(c(CCC(=O)[O-])c1C)C2. The van der Waals surface area contributed by atoms with Crippen LogP contribution >= 0.6 is 0 Å². The maximum atomic E-state index is 11.5. The van der Waals surface area contributed by atoms with Crippen LogP contribution in [0.5, 0.6) is 0 Å². The van der Waals surface area contributed by atoms with E-state index in [-0.39, 0.29) is 51.4 Å². The predicted octanol–water partition coefficient (Wildman–Crippen LogP) is -0.361. The molecule has 4 aromatic rings. The number of carboxylic acids is 4. The van der Waals surface area contributed by atoms with Gasteiger partial charge in [0.1, 0.15) is 0 Å². The Hall–Kier alpha value is -5.00. The molecule has 48 heavy (non-hydrogen) atoms. The van der Waals surface area contributed by atoms with Gasteiger partial charge >= 0.3 is 0 Å². The molecule has 0 aromatic carbocycles. The van der Waals surface area contributed by atoms with Gasteiger partial charge in [-0.15, -0.1) is 0 Å². The monoisotopic (exact) mass is 656 g/mol. The number of hydrogen-bond acceptors (Lipinski definition) is 8. The molecule has 0 atom stereocenters. The summed E-state index contributed by atoms with van der Waals surface area (Å²) in [6, 6.07) is 0. The lowest BCUT2D eigenvalue weighted by molar-refractivity contribution is -0.307. The molecule has 12 nitrogen and oxygen atoms in total. The van der Waals surface area contributed by atoms with E-state index < -0.39 is 23.9 Å². The van der Waals surface area contributed by atoms with Crippen molar-refractivity contribution < 1.29 is 39.6 Å². The highest BCUT2D eigenvalue weighted by Gasteiger charge is 2.25. The minimum absolute atomic E-state index is 0.159. The van der Waals surface area contributed by atoms with Crippen LogP contribution in [0.2, 0.25) is 0 Å². The molecule has 0 aliphatic carbocycles. The fourth-order valence-corrected chi connectivity index (χ4v) is 7.32. The molecule has 0 saturated carbocycles. The van der Waals surface area contributed by atoms with E-state index >= 15 is 0 Å². The lowest BCUT2D eigenvalue weighted by atomic mass is 9.96. The zero-order chi connectivity index (χ0) is 34.9. The molecule has 0 saturated heterocycles. The van der Waals surface area contributed by atoms with E-state index in [4.69, 9.17) is 0 Å². The highest BCUT2D eigenvalue weighted by molar-refractivity contribution is 5.66. The van der Waals surface area contributed by atoms with E-state index in [1.807, 2.05) is 27.7 Å². The number of carboxylic acid groups (broad SMARTS) is 4. The van der Waals surface area contributed by atoms with Crippen LogP contribution < -0.4 is 20.4 Å². The number of aromatic nitrogens is 4. The van der Waals surface area contributed by atoms with Gasteiger partial charge in [-0.05, 0) is 124 Å². The molecule has 0 fully saturated rings. The van der Waals surface area contributed by atoms with Crippen LogP contribution in [0.15, 0.2) is 0 Å². The lowest BCUT2D eigenvalue weighted by Gasteiger charge is -2.08. The molecule has 0 unspecified atom stereocenters. The Morgan fingerprint density at radius 1 is 0.396 bits per heavy atom. The van der Waals surface area contributed by atoms with E-state index in [0.29, 0.717) is 25.7 Å². The van der Waals surface area contributed by atoms with Crippen LogP contribution in [0.4, 0.5) is 0 Å². The molecule has 256 valence electrons. The molecule has 5 rings (SSSR count). The van der Waals surface area contributed by atoms with E-state index in [1.165, 1.54) is 0 Å². The lowest BCUT2D eigenvalue weighted by Crippen LogP contribution is -2.22. The fraction of sp³-hybridized carbons (Fsp3) is 0.444. The number of rotatable bonds is 12. The molecule has 4 N–H and O–H groups in total. The number of aliphatic carboxylic acids is 4. The molecular weight excluding hydrogens is 616 g/mol. The van der Waals surface area contributed by atoms with Gasteiger partial charge in [-0.3, -0.25) is 0 Å². The van der Waals surface area contributed by atoms with Crippen LogP contribution in [0.1, 0.15) is 116 Å². The van der Waals surface area contributed by atoms with Crippen molar-refractivity contribution in [2.24, 2.45) is 0 Å². The summed E-state index contributed by atoms with van der Waals surface area (Å²) in [5, 5.41) is 46.0. The van der Waals surface area contributed by atoms with Crippen molar-refractivity contribution in [3.63, 3.8) is 0 Å². The number of H-pyrrole nitrogens is 4. The molecular formula is C36H40N4O8-4. The molecule has 0 amide bonds. The third kappa shape index (κ3) is 7.27. The van der Waals surface area contributed by atoms with Crippen molar-refractivity contribution >= 4 is 23.9 Å². The molecule has 12 heteroatoms. The summed E-state index contributed by atoms with van der Waals surface area (Å²) in [6.07, 6.45) is 2.04. The topological polar surface area (TPSA) is 224 Å². The average Bonchev–Trinajstić information content (AvgIpc) is 3.66. The van der Waals surface area contributed by atoms with E-state index in [1.54, 1.807) is 0 Å².